The minimum Gasteiger partial charge on any atom is -0.491 e. The van der Waals surface area contributed by atoms with Gasteiger partial charge in [0, 0.05) is 0 Å². The van der Waals surface area contributed by atoms with Crippen molar-refractivity contribution in [3.05, 3.63) is 65.2 Å². The monoisotopic (exact) mass is 269 g/mol. The van der Waals surface area contributed by atoms with Gasteiger partial charge in [0.2, 0.25) is 0 Å². The fourth-order valence-electron chi connectivity index (χ4n) is 2.27. The van der Waals surface area contributed by atoms with Gasteiger partial charge in [-0.05, 0) is 23.3 Å². The number of benzene rings is 2. The molecule has 102 valence electrons. The lowest BCUT2D eigenvalue weighted by molar-refractivity contribution is 0.0957. The fourth-order valence-corrected chi connectivity index (χ4v) is 2.27. The molecule has 0 aliphatic carbocycles. The molecule has 0 radical (unpaired) electrons. The van der Waals surface area contributed by atoms with Gasteiger partial charge in [0.15, 0.2) is 0 Å². The summed E-state index contributed by atoms with van der Waals surface area (Å²) in [6.45, 7) is 0.948. The Balaban J connectivity index is 1.98. The normalized spacial score (nSPS) is 15.6. The number of hydrogen-bond acceptors (Lipinski definition) is 3. The van der Waals surface area contributed by atoms with E-state index in [1.54, 1.807) is 18.2 Å². The fraction of sp³-hybridized carbons (Fsp3) is 0.188. The van der Waals surface area contributed by atoms with E-state index in [1.807, 2.05) is 30.3 Å². The molecule has 1 atom stereocenters. The number of aliphatic hydroxyl groups excluding tert-OH is 1. The van der Waals surface area contributed by atoms with Crippen molar-refractivity contribution in [2.75, 3.05) is 13.2 Å². The van der Waals surface area contributed by atoms with Crippen molar-refractivity contribution in [3.63, 3.8) is 0 Å². The van der Waals surface area contributed by atoms with Gasteiger partial charge in [-0.3, -0.25) is 4.79 Å². The van der Waals surface area contributed by atoms with E-state index in [4.69, 9.17) is 4.74 Å². The zero-order valence-corrected chi connectivity index (χ0v) is 10.9. The standard InChI is InChI=1S/C16H15NO3/c18-15(11-4-2-1-3-5-11)12-6-7-14-13(10-12)16(19)17-8-9-20-14/h1-7,10,15,18H,8-9H2,(H,17,19). The van der Waals surface area contributed by atoms with Crippen molar-refractivity contribution in [2.24, 2.45) is 0 Å². The Morgan fingerprint density at radius 1 is 1.10 bits per heavy atom. The lowest BCUT2D eigenvalue weighted by atomic mass is 9.99. The summed E-state index contributed by atoms with van der Waals surface area (Å²) in [4.78, 5) is 11.9. The summed E-state index contributed by atoms with van der Waals surface area (Å²) < 4.78 is 5.49. The van der Waals surface area contributed by atoms with E-state index in [0.717, 1.165) is 5.56 Å². The van der Waals surface area contributed by atoms with Gasteiger partial charge in [-0.25, -0.2) is 0 Å². The second kappa shape index (κ2) is 5.35. The van der Waals surface area contributed by atoms with Gasteiger partial charge in [-0.1, -0.05) is 36.4 Å². The Labute approximate surface area is 117 Å². The van der Waals surface area contributed by atoms with Crippen molar-refractivity contribution >= 4 is 5.91 Å². The topological polar surface area (TPSA) is 58.6 Å². The molecular weight excluding hydrogens is 254 g/mol. The van der Waals surface area contributed by atoms with Crippen molar-refractivity contribution < 1.29 is 14.6 Å². The molecule has 4 heteroatoms. The molecule has 4 nitrogen and oxygen atoms in total. The summed E-state index contributed by atoms with van der Waals surface area (Å²) in [7, 11) is 0. The van der Waals surface area contributed by atoms with Crippen LogP contribution in [0, 0.1) is 0 Å². The van der Waals surface area contributed by atoms with Crippen LogP contribution in [0.3, 0.4) is 0 Å². The van der Waals surface area contributed by atoms with E-state index in [-0.39, 0.29) is 5.91 Å². The molecule has 3 rings (SSSR count). The van der Waals surface area contributed by atoms with E-state index in [1.165, 1.54) is 0 Å². The van der Waals surface area contributed by atoms with Crippen molar-refractivity contribution in [2.45, 2.75) is 6.10 Å². The van der Waals surface area contributed by atoms with Crippen LogP contribution in [0.25, 0.3) is 0 Å². The number of ether oxygens (including phenoxy) is 1. The smallest absolute Gasteiger partial charge is 0.255 e. The third-order valence-electron chi connectivity index (χ3n) is 3.32. The van der Waals surface area contributed by atoms with Crippen LogP contribution in [0.1, 0.15) is 27.6 Å². The zero-order chi connectivity index (χ0) is 13.9. The summed E-state index contributed by atoms with van der Waals surface area (Å²) in [6.07, 6.45) is -0.752. The molecule has 0 spiro atoms. The molecule has 1 amide bonds. The maximum Gasteiger partial charge on any atom is 0.255 e. The lowest BCUT2D eigenvalue weighted by Crippen LogP contribution is -2.24. The van der Waals surface area contributed by atoms with Gasteiger partial charge in [0.05, 0.1) is 12.1 Å². The Morgan fingerprint density at radius 3 is 2.70 bits per heavy atom. The molecule has 1 aliphatic rings. The van der Waals surface area contributed by atoms with E-state index in [9.17, 15) is 9.90 Å². The molecule has 1 unspecified atom stereocenters. The third-order valence-corrected chi connectivity index (χ3v) is 3.32. The molecule has 0 aromatic heterocycles. The molecular formula is C16H15NO3. The van der Waals surface area contributed by atoms with Crippen molar-refractivity contribution in [1.29, 1.82) is 0 Å². The molecule has 0 saturated carbocycles. The second-order valence-electron chi connectivity index (χ2n) is 4.67. The predicted octanol–water partition coefficient (Wildman–Crippen LogP) is 1.89. The minimum absolute atomic E-state index is 0.167. The van der Waals surface area contributed by atoms with Gasteiger partial charge < -0.3 is 15.2 Å². The van der Waals surface area contributed by atoms with Crippen LogP contribution in [-0.4, -0.2) is 24.2 Å². The first kappa shape index (κ1) is 12.7. The van der Waals surface area contributed by atoms with Crippen LogP contribution in [0.4, 0.5) is 0 Å². The zero-order valence-electron chi connectivity index (χ0n) is 10.9. The Hall–Kier alpha value is -2.33. The summed E-state index contributed by atoms with van der Waals surface area (Å²) in [5, 5.41) is 13.1. The molecule has 1 heterocycles. The number of carbonyl (C=O) groups excluding carboxylic acids is 1. The number of fused-ring (bicyclic) bond motifs is 1. The van der Waals surface area contributed by atoms with Crippen molar-refractivity contribution in [1.82, 2.24) is 5.32 Å². The Bertz CT molecular complexity index is 625. The highest BCUT2D eigenvalue weighted by molar-refractivity contribution is 5.97. The van der Waals surface area contributed by atoms with E-state index < -0.39 is 6.10 Å². The first-order chi connectivity index (χ1) is 9.75. The molecule has 1 aliphatic heterocycles. The van der Waals surface area contributed by atoms with Crippen molar-refractivity contribution in [3.8, 4) is 5.75 Å². The van der Waals surface area contributed by atoms with Crippen LogP contribution in [0.15, 0.2) is 48.5 Å². The van der Waals surface area contributed by atoms with Crippen LogP contribution in [0.2, 0.25) is 0 Å². The number of amides is 1. The predicted molar refractivity (Wildman–Crippen MR) is 74.8 cm³/mol. The number of rotatable bonds is 2. The molecule has 20 heavy (non-hydrogen) atoms. The first-order valence-electron chi connectivity index (χ1n) is 6.53. The number of carbonyl (C=O) groups is 1. The van der Waals surface area contributed by atoms with E-state index in [0.29, 0.717) is 30.0 Å². The summed E-state index contributed by atoms with van der Waals surface area (Å²) in [5.41, 5.74) is 1.94. The molecule has 2 aromatic carbocycles. The van der Waals surface area contributed by atoms with Crippen LogP contribution in [0.5, 0.6) is 5.75 Å². The summed E-state index contributed by atoms with van der Waals surface area (Å²) >= 11 is 0. The summed E-state index contributed by atoms with van der Waals surface area (Å²) in [5.74, 6) is 0.392. The highest BCUT2D eigenvalue weighted by atomic mass is 16.5. The molecule has 0 saturated heterocycles. The maximum atomic E-state index is 11.9. The van der Waals surface area contributed by atoms with Gasteiger partial charge in [-0.15, -0.1) is 0 Å². The summed E-state index contributed by atoms with van der Waals surface area (Å²) in [6, 6.07) is 14.6. The average Bonchev–Trinajstić information content (AvgIpc) is 2.69. The van der Waals surface area contributed by atoms with Crippen LogP contribution >= 0.6 is 0 Å². The highest BCUT2D eigenvalue weighted by Gasteiger charge is 2.19. The average molecular weight is 269 g/mol. The first-order valence-corrected chi connectivity index (χ1v) is 6.53. The van der Waals surface area contributed by atoms with E-state index in [2.05, 4.69) is 5.32 Å². The maximum absolute atomic E-state index is 11.9. The Kier molecular flexibility index (Phi) is 3.39. The number of aliphatic hydroxyl groups is 1. The number of nitrogens with one attached hydrogen (secondary N) is 1. The molecule has 0 fully saturated rings. The molecule has 0 bridgehead atoms. The van der Waals surface area contributed by atoms with Gasteiger partial charge >= 0.3 is 0 Å². The SMILES string of the molecule is O=C1NCCOc2ccc(C(O)c3ccccc3)cc21. The largest absolute Gasteiger partial charge is 0.491 e. The number of hydrogen-bond donors (Lipinski definition) is 2. The third kappa shape index (κ3) is 2.38. The second-order valence-corrected chi connectivity index (χ2v) is 4.67. The molecule has 2 aromatic rings. The Morgan fingerprint density at radius 2 is 1.90 bits per heavy atom. The molecule has 2 N–H and O–H groups in total. The quantitative estimate of drug-likeness (QED) is 0.875. The van der Waals surface area contributed by atoms with Crippen LogP contribution < -0.4 is 10.1 Å². The van der Waals surface area contributed by atoms with Gasteiger partial charge in [0.1, 0.15) is 18.5 Å². The highest BCUT2D eigenvalue weighted by Crippen LogP contribution is 2.28. The van der Waals surface area contributed by atoms with Crippen LogP contribution in [-0.2, 0) is 0 Å². The minimum atomic E-state index is -0.752. The van der Waals surface area contributed by atoms with E-state index >= 15 is 0 Å². The van der Waals surface area contributed by atoms with Gasteiger partial charge in [0.25, 0.3) is 5.91 Å². The lowest BCUT2D eigenvalue weighted by Gasteiger charge is -2.13. The van der Waals surface area contributed by atoms with Gasteiger partial charge in [-0.2, -0.15) is 0 Å².